The summed E-state index contributed by atoms with van der Waals surface area (Å²) in [5.74, 6) is 0.647. The molecular weight excluding hydrogens is 376 g/mol. The molecule has 2 aromatic heterocycles. The summed E-state index contributed by atoms with van der Waals surface area (Å²) in [6.07, 6.45) is 7.32. The molecule has 0 N–H and O–H groups in total. The molecule has 1 aliphatic heterocycles. The molecule has 0 aromatic carbocycles. The highest BCUT2D eigenvalue weighted by Gasteiger charge is 2.41. The summed E-state index contributed by atoms with van der Waals surface area (Å²) in [4.78, 5) is 37.1. The van der Waals surface area contributed by atoms with Gasteiger partial charge in [-0.2, -0.15) is 0 Å². The Labute approximate surface area is 169 Å². The van der Waals surface area contributed by atoms with E-state index in [0.29, 0.717) is 31.7 Å². The van der Waals surface area contributed by atoms with Crippen molar-refractivity contribution in [3.05, 3.63) is 24.5 Å². The summed E-state index contributed by atoms with van der Waals surface area (Å²) in [7, 11) is 0. The lowest BCUT2D eigenvalue weighted by Crippen LogP contribution is -2.50. The second kappa shape index (κ2) is 7.53. The van der Waals surface area contributed by atoms with Gasteiger partial charge >= 0.3 is 6.09 Å². The molecule has 0 bridgehead atoms. The first-order valence-electron chi connectivity index (χ1n) is 9.97. The van der Waals surface area contributed by atoms with Crippen LogP contribution in [0.4, 0.5) is 4.79 Å². The van der Waals surface area contributed by atoms with Gasteiger partial charge in [0.25, 0.3) is 11.8 Å². The second-order valence-corrected chi connectivity index (χ2v) is 8.54. The van der Waals surface area contributed by atoms with Crippen LogP contribution in [0.25, 0.3) is 11.7 Å². The van der Waals surface area contributed by atoms with Crippen molar-refractivity contribution in [2.75, 3.05) is 13.1 Å². The molecule has 9 nitrogen and oxygen atoms in total. The number of amides is 2. The summed E-state index contributed by atoms with van der Waals surface area (Å²) >= 11 is 0. The maximum atomic E-state index is 13.2. The van der Waals surface area contributed by atoms with E-state index in [1.807, 2.05) is 25.7 Å². The third-order valence-corrected chi connectivity index (χ3v) is 5.04. The summed E-state index contributed by atoms with van der Waals surface area (Å²) in [5, 5.41) is 0. The van der Waals surface area contributed by atoms with E-state index in [2.05, 4.69) is 9.97 Å². The van der Waals surface area contributed by atoms with Gasteiger partial charge in [0.15, 0.2) is 6.39 Å². The summed E-state index contributed by atoms with van der Waals surface area (Å²) in [6, 6.07) is 0.284. The highest BCUT2D eigenvalue weighted by atomic mass is 16.6. The molecule has 2 aliphatic rings. The van der Waals surface area contributed by atoms with Gasteiger partial charge in [0, 0.05) is 25.2 Å². The molecule has 0 unspecified atom stereocenters. The lowest BCUT2D eigenvalue weighted by molar-refractivity contribution is 0.0139. The first-order chi connectivity index (χ1) is 13.8. The van der Waals surface area contributed by atoms with Crippen molar-refractivity contribution in [2.45, 2.75) is 64.1 Å². The number of nitrogens with zero attached hydrogens (tertiary/aromatic N) is 4. The van der Waals surface area contributed by atoms with E-state index in [-0.39, 0.29) is 35.7 Å². The third-order valence-electron chi connectivity index (χ3n) is 5.04. The molecule has 29 heavy (non-hydrogen) atoms. The zero-order valence-electron chi connectivity index (χ0n) is 17.0. The van der Waals surface area contributed by atoms with E-state index < -0.39 is 5.60 Å². The van der Waals surface area contributed by atoms with E-state index in [1.165, 1.54) is 18.8 Å². The van der Waals surface area contributed by atoms with Crippen LogP contribution in [0.3, 0.4) is 0 Å². The predicted molar refractivity (Wildman–Crippen MR) is 102 cm³/mol. The van der Waals surface area contributed by atoms with E-state index in [0.717, 1.165) is 12.8 Å². The van der Waals surface area contributed by atoms with Gasteiger partial charge in [0.2, 0.25) is 11.5 Å². The van der Waals surface area contributed by atoms with Crippen molar-refractivity contribution < 1.29 is 23.2 Å². The predicted octanol–water partition coefficient (Wildman–Crippen LogP) is 3.33. The van der Waals surface area contributed by atoms with E-state index in [1.54, 1.807) is 4.90 Å². The molecule has 9 heteroatoms. The van der Waals surface area contributed by atoms with Gasteiger partial charge in [-0.3, -0.25) is 4.79 Å². The van der Waals surface area contributed by atoms with Crippen LogP contribution in [0.2, 0.25) is 0 Å². The van der Waals surface area contributed by atoms with E-state index in [4.69, 9.17) is 13.6 Å². The summed E-state index contributed by atoms with van der Waals surface area (Å²) < 4.78 is 16.3. The van der Waals surface area contributed by atoms with Gasteiger partial charge < -0.3 is 23.4 Å². The third kappa shape index (κ3) is 4.44. The van der Waals surface area contributed by atoms with Crippen LogP contribution in [0.1, 0.15) is 57.0 Å². The number of likely N-dealkylation sites (tertiary alicyclic amines) is 1. The van der Waals surface area contributed by atoms with E-state index >= 15 is 0 Å². The number of carbonyl (C=O) groups is 2. The van der Waals surface area contributed by atoms with Gasteiger partial charge in [-0.1, -0.05) is 0 Å². The lowest BCUT2D eigenvalue weighted by atomic mass is 10.0. The number of carbonyl (C=O) groups excluding carboxylic acids is 2. The van der Waals surface area contributed by atoms with Crippen molar-refractivity contribution in [3.8, 4) is 11.7 Å². The van der Waals surface area contributed by atoms with Crippen molar-refractivity contribution in [1.29, 1.82) is 0 Å². The first kappa shape index (κ1) is 19.5. The zero-order chi connectivity index (χ0) is 20.6. The molecule has 0 spiro atoms. The molecule has 1 saturated heterocycles. The minimum absolute atomic E-state index is 0.0625. The van der Waals surface area contributed by atoms with Crippen LogP contribution in [-0.4, -0.2) is 62.5 Å². The smallest absolute Gasteiger partial charge is 0.410 e. The molecule has 4 rings (SSSR count). The van der Waals surface area contributed by atoms with Gasteiger partial charge in [0.05, 0.1) is 12.4 Å². The van der Waals surface area contributed by atoms with Gasteiger partial charge in [-0.05, 0) is 46.5 Å². The number of hydrogen-bond donors (Lipinski definition) is 0. The molecule has 156 valence electrons. The van der Waals surface area contributed by atoms with Crippen LogP contribution < -0.4 is 0 Å². The van der Waals surface area contributed by atoms with Crippen molar-refractivity contribution in [3.63, 3.8) is 0 Å². The van der Waals surface area contributed by atoms with Crippen LogP contribution in [0, 0.1) is 0 Å². The second-order valence-electron chi connectivity index (χ2n) is 8.54. The van der Waals surface area contributed by atoms with Gasteiger partial charge in [-0.25, -0.2) is 14.8 Å². The minimum Gasteiger partial charge on any atom is -0.444 e. The Morgan fingerprint density at radius 3 is 2.41 bits per heavy atom. The van der Waals surface area contributed by atoms with Crippen LogP contribution in [0.15, 0.2) is 27.6 Å². The molecule has 0 atom stereocenters. The highest BCUT2D eigenvalue weighted by Crippen LogP contribution is 2.34. The summed E-state index contributed by atoms with van der Waals surface area (Å²) in [6.45, 7) is 6.70. The molecule has 2 amide bonds. The average Bonchev–Trinajstić information content (AvgIpc) is 3.16. The Balaban J connectivity index is 1.41. The molecule has 1 aliphatic carbocycles. The largest absolute Gasteiger partial charge is 0.444 e. The minimum atomic E-state index is -0.516. The fraction of sp³-hybridized carbons (Fsp3) is 0.600. The fourth-order valence-corrected chi connectivity index (χ4v) is 3.57. The normalized spacial score (nSPS) is 18.0. The topological polar surface area (TPSA) is 102 Å². The standard InChI is InChI=1S/C20H26N4O5/c1-20(2,3)29-19(26)23-8-6-14(7-9-23)24(13-4-5-13)18(25)16-11-22-17(28-16)15-10-21-12-27-15/h10-14H,4-9H2,1-3H3. The monoisotopic (exact) mass is 402 g/mol. The Bertz CT molecular complexity index is 858. The Kier molecular flexibility index (Phi) is 5.06. The quantitative estimate of drug-likeness (QED) is 0.773. The number of oxazole rings is 2. The number of piperidine rings is 1. The Morgan fingerprint density at radius 2 is 1.83 bits per heavy atom. The van der Waals surface area contributed by atoms with E-state index in [9.17, 15) is 9.59 Å². The average molecular weight is 402 g/mol. The summed E-state index contributed by atoms with van der Waals surface area (Å²) in [5.41, 5.74) is -0.516. The molecule has 2 fully saturated rings. The molecule has 1 saturated carbocycles. The maximum absolute atomic E-state index is 13.2. The van der Waals surface area contributed by atoms with Gasteiger partial charge in [-0.15, -0.1) is 0 Å². The first-order valence-corrected chi connectivity index (χ1v) is 9.97. The SMILES string of the molecule is CC(C)(C)OC(=O)N1CCC(N(C(=O)c2cnc(-c3cnco3)o2)C2CC2)CC1. The van der Waals surface area contributed by atoms with Crippen LogP contribution in [-0.2, 0) is 4.74 Å². The maximum Gasteiger partial charge on any atom is 0.410 e. The highest BCUT2D eigenvalue weighted by molar-refractivity contribution is 5.92. The molecule has 3 heterocycles. The van der Waals surface area contributed by atoms with Gasteiger partial charge in [0.1, 0.15) is 5.60 Å². The lowest BCUT2D eigenvalue weighted by Gasteiger charge is -2.38. The molecular formula is C20H26N4O5. The van der Waals surface area contributed by atoms with Crippen LogP contribution in [0.5, 0.6) is 0 Å². The zero-order valence-corrected chi connectivity index (χ0v) is 17.0. The van der Waals surface area contributed by atoms with Crippen LogP contribution >= 0.6 is 0 Å². The fourth-order valence-electron chi connectivity index (χ4n) is 3.57. The van der Waals surface area contributed by atoms with Crippen molar-refractivity contribution in [1.82, 2.24) is 19.8 Å². The Morgan fingerprint density at radius 1 is 1.14 bits per heavy atom. The number of rotatable bonds is 4. The van der Waals surface area contributed by atoms with Crippen molar-refractivity contribution >= 4 is 12.0 Å². The number of ether oxygens (including phenoxy) is 1. The molecule has 2 aromatic rings. The number of aromatic nitrogens is 2. The Hall–Kier alpha value is -2.84. The number of hydrogen-bond acceptors (Lipinski definition) is 7. The molecule has 0 radical (unpaired) electrons. The van der Waals surface area contributed by atoms with Crippen molar-refractivity contribution in [2.24, 2.45) is 0 Å².